The number of fused-ring (bicyclic) bond motifs is 1. The number of nitrogens with two attached hydrogens (primary N) is 1. The van der Waals surface area contributed by atoms with Gasteiger partial charge < -0.3 is 50.9 Å². The predicted octanol–water partition coefficient (Wildman–Crippen LogP) is 0.153. The van der Waals surface area contributed by atoms with E-state index in [2.05, 4.69) is 29.9 Å². The van der Waals surface area contributed by atoms with Crippen molar-refractivity contribution in [3.8, 4) is 0 Å². The molecule has 7 atom stereocenters. The normalized spacial score (nSPS) is 22.7. The van der Waals surface area contributed by atoms with Crippen LogP contribution in [-0.4, -0.2) is 123 Å². The molecule has 24 nitrogen and oxygen atoms in total. The molecule has 316 valence electrons. The van der Waals surface area contributed by atoms with Crippen LogP contribution in [0.5, 0.6) is 0 Å². The number of rotatable bonds is 20. The number of aliphatic hydroxyl groups excluding tert-OH is 2. The molecule has 28 heteroatoms. The Morgan fingerprint density at radius 3 is 2.37 bits per heavy atom. The number of phosphoric acid groups is 3. The zero-order chi connectivity index (χ0) is 42.4. The van der Waals surface area contributed by atoms with Crippen LogP contribution in [0.15, 0.2) is 43.0 Å². The van der Waals surface area contributed by atoms with Crippen LogP contribution in [0.2, 0.25) is 0 Å². The summed E-state index contributed by atoms with van der Waals surface area (Å²) in [4.78, 5) is 88.1. The van der Waals surface area contributed by atoms with Gasteiger partial charge >= 0.3 is 23.5 Å². The Kier molecular flexibility index (Phi) is 15.3. The molecule has 1 saturated heterocycles. The lowest BCUT2D eigenvalue weighted by molar-refractivity contribution is -0.137. The summed E-state index contributed by atoms with van der Waals surface area (Å²) >= 11 is 1.02. The van der Waals surface area contributed by atoms with Gasteiger partial charge in [0.05, 0.1) is 19.5 Å². The van der Waals surface area contributed by atoms with Crippen LogP contribution in [0.25, 0.3) is 11.2 Å². The molecule has 10 N–H and O–H groups in total. The van der Waals surface area contributed by atoms with Crippen LogP contribution in [-0.2, 0) is 51.6 Å². The number of thioether (sulfide) groups is 1. The first-order chi connectivity index (χ1) is 26.4. The molecule has 2 amide bonds. The number of benzene rings is 1. The molecule has 0 aliphatic carbocycles. The zero-order valence-electron chi connectivity index (χ0n) is 30.4. The van der Waals surface area contributed by atoms with Crippen molar-refractivity contribution < 1.29 is 80.5 Å². The molecule has 2 aromatic heterocycles. The van der Waals surface area contributed by atoms with Crippen LogP contribution in [0.1, 0.15) is 37.6 Å². The Morgan fingerprint density at radius 1 is 1.04 bits per heavy atom. The standard InChI is InChI=1S/C29H42N7O17P3S/c1-28(2,23(39)26(40)32-10-9-19(37)31-11-12-57-27(41)17-7-5-4-6-8-17)14-50-56(47,48)53-55(45,46)49-13-18-21(52-54(42,43)44)22(38)29(3,51-18)36-16-35-20-24(30)33-15-34-25(20)36/h4-8,15-16,18,21-23,38-39H,9-14H2,1-3H3,(H,31,37)(H,32,40)(H,45,46)(H,47,48)(H2,30,33,34)(H2,42,43,44). The van der Waals surface area contributed by atoms with Crippen molar-refractivity contribution in [2.45, 2.75) is 57.3 Å². The van der Waals surface area contributed by atoms with Gasteiger partial charge in [-0.1, -0.05) is 55.9 Å². The number of nitrogens with one attached hydrogen (secondary N) is 2. The Labute approximate surface area is 328 Å². The van der Waals surface area contributed by atoms with E-state index >= 15 is 0 Å². The third-order valence-corrected chi connectivity index (χ3v) is 12.2. The van der Waals surface area contributed by atoms with Gasteiger partial charge in [0.15, 0.2) is 17.2 Å². The number of hydrogen-bond donors (Lipinski definition) is 9. The Morgan fingerprint density at radius 2 is 1.70 bits per heavy atom. The predicted molar refractivity (Wildman–Crippen MR) is 197 cm³/mol. The molecular weight excluding hydrogens is 843 g/mol. The molecule has 1 fully saturated rings. The van der Waals surface area contributed by atoms with E-state index in [4.69, 9.17) is 24.0 Å². The Hall–Kier alpha value is -3.22. The van der Waals surface area contributed by atoms with Gasteiger partial charge in [0.25, 0.3) is 0 Å². The monoisotopic (exact) mass is 885 g/mol. The van der Waals surface area contributed by atoms with Crippen LogP contribution in [0.4, 0.5) is 5.82 Å². The van der Waals surface area contributed by atoms with Crippen molar-refractivity contribution in [2.75, 3.05) is 37.8 Å². The van der Waals surface area contributed by atoms with Gasteiger partial charge in [-0.3, -0.25) is 32.5 Å². The number of aromatic nitrogens is 4. The molecule has 7 unspecified atom stereocenters. The molecule has 0 radical (unpaired) electrons. The van der Waals surface area contributed by atoms with Crippen molar-refractivity contribution >= 4 is 69.1 Å². The molecule has 0 spiro atoms. The van der Waals surface area contributed by atoms with E-state index in [-0.39, 0.29) is 41.6 Å². The summed E-state index contributed by atoms with van der Waals surface area (Å²) in [5, 5.41) is 26.5. The lowest BCUT2D eigenvalue weighted by atomic mass is 9.87. The second-order valence-electron chi connectivity index (χ2n) is 13.1. The fraction of sp³-hybridized carbons (Fsp3) is 0.517. The van der Waals surface area contributed by atoms with E-state index in [0.29, 0.717) is 11.3 Å². The smallest absolute Gasteiger partial charge is 0.385 e. The van der Waals surface area contributed by atoms with E-state index in [9.17, 15) is 57.9 Å². The van der Waals surface area contributed by atoms with Crippen molar-refractivity contribution in [2.24, 2.45) is 5.41 Å². The van der Waals surface area contributed by atoms with Crippen molar-refractivity contribution in [1.29, 1.82) is 0 Å². The van der Waals surface area contributed by atoms with Gasteiger partial charge in [-0.25, -0.2) is 28.6 Å². The number of carbonyl (C=O) groups is 3. The number of aliphatic hydroxyl groups is 2. The topological polar surface area (TPSA) is 364 Å². The SMILES string of the molecule is CC(C)(COP(=O)(O)OP(=O)(O)OCC1OC(C)(n2cnc3c(N)ncnc32)C(O)C1OP(=O)(O)O)C(O)C(=O)NCCC(=O)NCCSC(=O)c1ccccc1. The third-order valence-electron chi connectivity index (χ3n) is 8.23. The molecule has 57 heavy (non-hydrogen) atoms. The quantitative estimate of drug-likeness (QED) is 0.0538. The summed E-state index contributed by atoms with van der Waals surface area (Å²) in [7, 11) is -16.5. The van der Waals surface area contributed by atoms with E-state index < -0.39 is 84.1 Å². The van der Waals surface area contributed by atoms with Crippen LogP contribution in [0, 0.1) is 5.41 Å². The van der Waals surface area contributed by atoms with Crippen molar-refractivity contribution in [3.05, 3.63) is 48.5 Å². The lowest BCUT2D eigenvalue weighted by Crippen LogP contribution is -2.46. The fourth-order valence-electron chi connectivity index (χ4n) is 5.24. The van der Waals surface area contributed by atoms with E-state index in [1.165, 1.54) is 20.8 Å². The van der Waals surface area contributed by atoms with Crippen LogP contribution < -0.4 is 16.4 Å². The highest BCUT2D eigenvalue weighted by molar-refractivity contribution is 8.14. The van der Waals surface area contributed by atoms with E-state index in [0.717, 1.165) is 29.0 Å². The first-order valence-corrected chi connectivity index (χ1v) is 22.1. The van der Waals surface area contributed by atoms with Gasteiger partial charge in [0.1, 0.15) is 36.3 Å². The van der Waals surface area contributed by atoms with Gasteiger partial charge in [-0.2, -0.15) is 4.31 Å². The summed E-state index contributed by atoms with van der Waals surface area (Å²) in [5.41, 5.74) is 2.82. The van der Waals surface area contributed by atoms with Gasteiger partial charge in [0.2, 0.25) is 16.9 Å². The van der Waals surface area contributed by atoms with Crippen molar-refractivity contribution in [1.82, 2.24) is 30.2 Å². The zero-order valence-corrected chi connectivity index (χ0v) is 33.9. The number of anilines is 1. The second kappa shape index (κ2) is 18.8. The number of amides is 2. The number of nitrogen functional groups attached to an aromatic ring is 1. The molecule has 3 heterocycles. The number of ether oxygens (including phenoxy) is 1. The molecule has 1 aliphatic rings. The molecule has 0 bridgehead atoms. The molecular formula is C29H42N7O17P3S. The Balaban J connectivity index is 1.26. The molecule has 0 saturated carbocycles. The first-order valence-electron chi connectivity index (χ1n) is 16.6. The maximum atomic E-state index is 12.8. The first kappa shape index (κ1) is 46.5. The average Bonchev–Trinajstić information content (AvgIpc) is 3.67. The van der Waals surface area contributed by atoms with Gasteiger partial charge in [-0.15, -0.1) is 0 Å². The summed E-state index contributed by atoms with van der Waals surface area (Å²) in [6.07, 6.45) is -5.52. The molecule has 3 aromatic rings. The maximum Gasteiger partial charge on any atom is 0.481 e. The lowest BCUT2D eigenvalue weighted by Gasteiger charge is -2.30. The number of imidazole rings is 1. The number of carbonyl (C=O) groups excluding carboxylic acids is 3. The fourth-order valence-corrected chi connectivity index (χ4v) is 8.76. The number of nitrogens with zero attached hydrogens (tertiary/aromatic N) is 4. The largest absolute Gasteiger partial charge is 0.481 e. The highest BCUT2D eigenvalue weighted by Crippen LogP contribution is 2.61. The summed E-state index contributed by atoms with van der Waals surface area (Å²) in [5.74, 6) is -1.18. The molecule has 1 aromatic carbocycles. The number of hydrogen-bond acceptors (Lipinski definition) is 18. The minimum atomic E-state index is -5.59. The van der Waals surface area contributed by atoms with Crippen LogP contribution in [0.3, 0.4) is 0 Å². The van der Waals surface area contributed by atoms with E-state index in [1.807, 2.05) is 0 Å². The number of phosphoric ester groups is 3. The summed E-state index contributed by atoms with van der Waals surface area (Å²) < 4.78 is 62.7. The average molecular weight is 886 g/mol. The van der Waals surface area contributed by atoms with Crippen LogP contribution >= 0.6 is 35.2 Å². The minimum absolute atomic E-state index is 0.0176. The second-order valence-corrected chi connectivity index (χ2v) is 18.4. The van der Waals surface area contributed by atoms with Gasteiger partial charge in [0, 0.05) is 36.2 Å². The Bertz CT molecular complexity index is 2060. The highest BCUT2D eigenvalue weighted by Gasteiger charge is 2.57. The van der Waals surface area contributed by atoms with E-state index in [1.54, 1.807) is 30.3 Å². The van der Waals surface area contributed by atoms with Crippen molar-refractivity contribution in [3.63, 3.8) is 0 Å². The maximum absolute atomic E-state index is 12.8. The summed E-state index contributed by atoms with van der Waals surface area (Å²) in [6, 6.07) is 8.58. The van der Waals surface area contributed by atoms with Gasteiger partial charge in [-0.05, 0) is 6.92 Å². The highest BCUT2D eigenvalue weighted by atomic mass is 32.2. The minimum Gasteiger partial charge on any atom is -0.385 e. The third kappa shape index (κ3) is 12.6. The molecule has 1 aliphatic heterocycles. The molecule has 4 rings (SSSR count). The summed E-state index contributed by atoms with van der Waals surface area (Å²) in [6.45, 7) is 1.67.